The van der Waals surface area contributed by atoms with Crippen LogP contribution in [0.5, 0.6) is 0 Å². The molecule has 0 aliphatic heterocycles. The zero-order valence-corrected chi connectivity index (χ0v) is 13.5. The van der Waals surface area contributed by atoms with Gasteiger partial charge < -0.3 is 0 Å². The summed E-state index contributed by atoms with van der Waals surface area (Å²) in [6, 6.07) is 0. The molecule has 0 amide bonds. The van der Waals surface area contributed by atoms with Gasteiger partial charge in [0, 0.05) is 0 Å². The van der Waals surface area contributed by atoms with Crippen LogP contribution in [0.25, 0.3) is 0 Å². The van der Waals surface area contributed by atoms with E-state index in [9.17, 15) is 0 Å². The maximum Gasteiger partial charge on any atom is -0.0411 e. The van der Waals surface area contributed by atoms with Crippen molar-refractivity contribution in [1.29, 1.82) is 0 Å². The topological polar surface area (TPSA) is 0 Å². The van der Waals surface area contributed by atoms with Gasteiger partial charge >= 0.3 is 0 Å². The van der Waals surface area contributed by atoms with Crippen molar-refractivity contribution < 1.29 is 0 Å². The van der Waals surface area contributed by atoms with Gasteiger partial charge in [0.25, 0.3) is 0 Å². The first-order chi connectivity index (χ1) is 6.00. The zero-order chi connectivity index (χ0) is 13.5. The molecule has 0 spiro atoms. The Morgan fingerprint density at radius 3 is 0.294 bits per heavy atom. The molecule has 0 rings (SSSR count). The van der Waals surface area contributed by atoms with Gasteiger partial charge in [-0.05, 0) is 16.2 Å². The summed E-state index contributed by atoms with van der Waals surface area (Å²) in [4.78, 5) is 0. The highest BCUT2D eigenvalue weighted by Gasteiger charge is 1.96. The molecule has 0 fully saturated rings. The summed E-state index contributed by atoms with van der Waals surface area (Å²) < 4.78 is 0. The van der Waals surface area contributed by atoms with E-state index in [2.05, 4.69) is 83.1 Å². The van der Waals surface area contributed by atoms with Gasteiger partial charge in [0.2, 0.25) is 0 Å². The van der Waals surface area contributed by atoms with Crippen molar-refractivity contribution in [3.63, 3.8) is 0 Å². The summed E-state index contributed by atoms with van der Waals surface area (Å²) >= 11 is 0. The third-order valence-corrected chi connectivity index (χ3v) is 0. The number of hydrogen-bond acceptors (Lipinski definition) is 0. The Morgan fingerprint density at radius 1 is 0.294 bits per heavy atom. The molecule has 0 aliphatic carbocycles. The Kier molecular flexibility index (Phi) is 19.8. The van der Waals surface area contributed by atoms with Crippen LogP contribution >= 0.6 is 0 Å². The minimum atomic E-state index is 0. The lowest BCUT2D eigenvalue weighted by Gasteiger charge is -2.05. The van der Waals surface area contributed by atoms with Crippen molar-refractivity contribution in [3.05, 3.63) is 0 Å². The first-order valence-corrected chi connectivity index (χ1v) is 6.00. The molecule has 17 heavy (non-hydrogen) atoms. The molecule has 0 aromatic heterocycles. The van der Waals surface area contributed by atoms with Crippen molar-refractivity contribution in [2.24, 2.45) is 16.2 Å². The van der Waals surface area contributed by atoms with E-state index in [1.165, 1.54) is 0 Å². The zero-order valence-electron chi connectivity index (χ0n) is 13.5. The molecule has 0 saturated heterocycles. The van der Waals surface area contributed by atoms with E-state index in [0.29, 0.717) is 16.2 Å². The average Bonchev–Trinajstić information content (AvgIpc) is 1.41. The molecule has 0 aromatic carbocycles. The van der Waals surface area contributed by atoms with Crippen LogP contribution in [0.15, 0.2) is 0 Å². The van der Waals surface area contributed by atoms with Crippen LogP contribution in [0.3, 0.4) is 0 Å². The van der Waals surface area contributed by atoms with Gasteiger partial charge in [0.05, 0.1) is 0 Å². The molecule has 0 unspecified atom stereocenters. The summed E-state index contributed by atoms with van der Waals surface area (Å²) in [7, 11) is 0. The van der Waals surface area contributed by atoms with Gasteiger partial charge in [-0.25, -0.2) is 0 Å². The van der Waals surface area contributed by atoms with Crippen LogP contribution in [-0.2, 0) is 0 Å². The van der Waals surface area contributed by atoms with E-state index in [1.54, 1.807) is 0 Å². The Bertz CT molecular complexity index is 75.1. The van der Waals surface area contributed by atoms with E-state index >= 15 is 0 Å². The Hall–Kier alpha value is 0. The lowest BCUT2D eigenvalue weighted by molar-refractivity contribution is 0.469. The standard InChI is InChI=1S/3C5H12.2CH4/c3*1-5(2,3)4;;/h3*1-4H3;2*1H4. The second kappa shape index (κ2) is 11.1. The monoisotopic (exact) mass is 248 g/mol. The molecule has 0 bridgehead atoms. The molecule has 0 aliphatic rings. The van der Waals surface area contributed by atoms with Gasteiger partial charge in [0.15, 0.2) is 0 Å². The number of hydrogen-bond donors (Lipinski definition) is 0. The van der Waals surface area contributed by atoms with Crippen LogP contribution in [0.1, 0.15) is 97.9 Å². The third-order valence-electron chi connectivity index (χ3n) is 0. The largest absolute Gasteiger partial charge is 0.0776 e. The Labute approximate surface area is 115 Å². The average molecular weight is 249 g/mol. The second-order valence-electron chi connectivity index (χ2n) is 9.00. The highest BCUT2D eigenvalue weighted by molar-refractivity contribution is 4.48. The van der Waals surface area contributed by atoms with Crippen molar-refractivity contribution >= 4 is 0 Å². The fraction of sp³-hybridized carbons (Fsp3) is 1.00. The normalized spacial score (nSPS) is 10.6. The van der Waals surface area contributed by atoms with Gasteiger partial charge in [-0.15, -0.1) is 0 Å². The lowest BCUT2D eigenvalue weighted by Crippen LogP contribution is -1.93. The third kappa shape index (κ3) is 0. The van der Waals surface area contributed by atoms with Crippen molar-refractivity contribution in [2.45, 2.75) is 97.9 Å². The van der Waals surface area contributed by atoms with Crippen LogP contribution in [0, 0.1) is 16.2 Å². The van der Waals surface area contributed by atoms with Gasteiger partial charge in [-0.3, -0.25) is 0 Å². The van der Waals surface area contributed by atoms with E-state index in [1.807, 2.05) is 0 Å². The highest BCUT2D eigenvalue weighted by Crippen LogP contribution is 2.08. The van der Waals surface area contributed by atoms with E-state index in [-0.39, 0.29) is 14.9 Å². The van der Waals surface area contributed by atoms with Crippen molar-refractivity contribution in [2.75, 3.05) is 0 Å². The first-order valence-electron chi connectivity index (χ1n) is 6.00. The van der Waals surface area contributed by atoms with E-state index in [0.717, 1.165) is 0 Å². The molecule has 0 atom stereocenters. The maximum absolute atomic E-state index is 2.19. The first kappa shape index (κ1) is 30.2. The van der Waals surface area contributed by atoms with Crippen LogP contribution in [0.2, 0.25) is 0 Å². The maximum atomic E-state index is 2.19. The minimum Gasteiger partial charge on any atom is -0.0776 e. The second-order valence-corrected chi connectivity index (χ2v) is 9.00. The van der Waals surface area contributed by atoms with Crippen LogP contribution in [-0.4, -0.2) is 0 Å². The summed E-state index contributed by atoms with van der Waals surface area (Å²) in [5, 5.41) is 0. The van der Waals surface area contributed by atoms with Gasteiger partial charge in [-0.1, -0.05) is 97.9 Å². The molecular formula is C17H44. The summed E-state index contributed by atoms with van der Waals surface area (Å²) in [5.41, 5.74) is 1.50. The predicted molar refractivity (Wildman–Crippen MR) is 88.8 cm³/mol. The SMILES string of the molecule is C.C.CC(C)(C)C.CC(C)(C)C.CC(C)(C)C. The van der Waals surface area contributed by atoms with Crippen molar-refractivity contribution in [1.82, 2.24) is 0 Å². The van der Waals surface area contributed by atoms with Gasteiger partial charge in [-0.2, -0.15) is 0 Å². The molecule has 0 nitrogen and oxygen atoms in total. The Balaban J connectivity index is -0.0000000400. The molecule has 0 heteroatoms. The highest BCUT2D eigenvalue weighted by atomic mass is 14.0. The van der Waals surface area contributed by atoms with E-state index < -0.39 is 0 Å². The minimum absolute atomic E-state index is 0. The van der Waals surface area contributed by atoms with Crippen LogP contribution in [0.4, 0.5) is 0 Å². The molecule has 112 valence electrons. The quantitative estimate of drug-likeness (QED) is 0.418. The summed E-state index contributed by atoms with van der Waals surface area (Å²) in [5.74, 6) is 0. The number of rotatable bonds is 0. The fourth-order valence-corrected chi connectivity index (χ4v) is 0. The Morgan fingerprint density at radius 2 is 0.294 bits per heavy atom. The summed E-state index contributed by atoms with van der Waals surface area (Å²) in [6.45, 7) is 26.2. The fourth-order valence-electron chi connectivity index (χ4n) is 0. The molecule has 0 radical (unpaired) electrons. The summed E-state index contributed by atoms with van der Waals surface area (Å²) in [6.07, 6.45) is 0. The van der Waals surface area contributed by atoms with E-state index in [4.69, 9.17) is 0 Å². The smallest absolute Gasteiger partial charge is 0.0411 e. The molecule has 0 saturated carbocycles. The molecule has 0 aromatic rings. The lowest BCUT2D eigenvalue weighted by atomic mass is 10.0. The molecular weight excluding hydrogens is 204 g/mol. The van der Waals surface area contributed by atoms with Crippen LogP contribution < -0.4 is 0 Å². The molecule has 0 heterocycles. The molecule has 0 N–H and O–H groups in total. The predicted octanol–water partition coefficient (Wildman–Crippen LogP) is 7.43. The van der Waals surface area contributed by atoms with Gasteiger partial charge in [0.1, 0.15) is 0 Å². The van der Waals surface area contributed by atoms with Crippen molar-refractivity contribution in [3.8, 4) is 0 Å².